The van der Waals surface area contributed by atoms with E-state index in [-0.39, 0.29) is 0 Å². The fraction of sp³-hybridized carbons (Fsp3) is 0. The summed E-state index contributed by atoms with van der Waals surface area (Å²) >= 11 is 0. The van der Waals surface area contributed by atoms with E-state index in [1.54, 1.807) is 0 Å². The summed E-state index contributed by atoms with van der Waals surface area (Å²) in [5, 5.41) is 4.80. The molecule has 0 aliphatic heterocycles. The first-order valence-electron chi connectivity index (χ1n) is 19.2. The molecule has 0 amide bonds. The van der Waals surface area contributed by atoms with Crippen molar-refractivity contribution in [2.45, 2.75) is 0 Å². The van der Waals surface area contributed by atoms with Crippen LogP contribution in [0.5, 0.6) is 0 Å². The Hall–Kier alpha value is -7.42. The number of benzene rings is 9. The Morgan fingerprint density at radius 3 is 1.27 bits per heavy atom. The minimum absolute atomic E-state index is 0.919. The Morgan fingerprint density at radius 1 is 0.286 bits per heavy atom. The van der Waals surface area contributed by atoms with Crippen molar-refractivity contribution in [3.8, 4) is 61.3 Å². The molecule has 0 spiro atoms. The second-order valence-electron chi connectivity index (χ2n) is 14.5. The van der Waals surface area contributed by atoms with Gasteiger partial charge in [-0.2, -0.15) is 0 Å². The van der Waals surface area contributed by atoms with Gasteiger partial charge in [-0.25, -0.2) is 0 Å². The Labute approximate surface area is 325 Å². The monoisotopic (exact) mass is 713 g/mol. The van der Waals surface area contributed by atoms with Crippen LogP contribution < -0.4 is 0 Å². The van der Waals surface area contributed by atoms with Crippen LogP contribution >= 0.6 is 0 Å². The lowest BCUT2D eigenvalue weighted by atomic mass is 9.97. The maximum atomic E-state index is 6.32. The lowest BCUT2D eigenvalue weighted by molar-refractivity contribution is 0.670. The number of rotatable bonds is 6. The molecule has 0 radical (unpaired) electrons. The van der Waals surface area contributed by atoms with Crippen LogP contribution in [0.15, 0.2) is 217 Å². The van der Waals surface area contributed by atoms with E-state index in [1.807, 2.05) is 12.1 Å². The molecule has 0 unspecified atom stereocenters. The Bertz CT molecular complexity index is 3090. The van der Waals surface area contributed by atoms with Gasteiger partial charge >= 0.3 is 0 Å². The molecular formula is C54H35NO. The number of furan rings is 1. The molecule has 0 saturated carbocycles. The molecule has 2 nitrogen and oxygen atoms in total. The molecule has 262 valence electrons. The van der Waals surface area contributed by atoms with E-state index in [2.05, 4.69) is 205 Å². The van der Waals surface area contributed by atoms with Gasteiger partial charge in [0, 0.05) is 32.8 Å². The van der Waals surface area contributed by atoms with Gasteiger partial charge in [0.05, 0.1) is 11.0 Å². The number of nitrogens with zero attached hydrogens (tertiary/aromatic N) is 1. The summed E-state index contributed by atoms with van der Waals surface area (Å²) in [5.74, 6) is 0. The summed E-state index contributed by atoms with van der Waals surface area (Å²) in [5.41, 5.74) is 17.2. The highest BCUT2D eigenvalue weighted by atomic mass is 16.3. The molecule has 0 fully saturated rings. The number of aromatic nitrogens is 1. The highest BCUT2D eigenvalue weighted by Gasteiger charge is 2.16. The van der Waals surface area contributed by atoms with Crippen molar-refractivity contribution < 1.29 is 4.42 Å². The van der Waals surface area contributed by atoms with Gasteiger partial charge in [0.25, 0.3) is 0 Å². The summed E-state index contributed by atoms with van der Waals surface area (Å²) in [6.45, 7) is 0. The maximum absolute atomic E-state index is 6.32. The third-order valence-corrected chi connectivity index (χ3v) is 11.3. The topological polar surface area (TPSA) is 18.1 Å². The van der Waals surface area contributed by atoms with E-state index in [0.717, 1.165) is 38.8 Å². The lowest BCUT2D eigenvalue weighted by Gasteiger charge is -2.12. The molecule has 0 bridgehead atoms. The molecular weight excluding hydrogens is 679 g/mol. The van der Waals surface area contributed by atoms with Gasteiger partial charge in [-0.05, 0) is 80.4 Å². The average Bonchev–Trinajstić information content (AvgIpc) is 3.82. The van der Waals surface area contributed by atoms with E-state index < -0.39 is 0 Å². The quantitative estimate of drug-likeness (QED) is 0.168. The molecule has 0 aliphatic rings. The van der Waals surface area contributed by atoms with Crippen molar-refractivity contribution in [1.82, 2.24) is 4.57 Å². The first kappa shape index (κ1) is 32.0. The number of hydrogen-bond acceptors (Lipinski definition) is 1. The Kier molecular flexibility index (Phi) is 7.53. The number of hydrogen-bond donors (Lipinski definition) is 0. The molecule has 2 heterocycles. The third-order valence-electron chi connectivity index (χ3n) is 11.3. The van der Waals surface area contributed by atoms with Crippen molar-refractivity contribution in [2.75, 3.05) is 0 Å². The minimum Gasteiger partial charge on any atom is -0.455 e. The molecule has 0 atom stereocenters. The molecule has 0 aliphatic carbocycles. The summed E-state index contributed by atoms with van der Waals surface area (Å²) in [6, 6.07) is 76.4. The smallest absolute Gasteiger partial charge is 0.143 e. The summed E-state index contributed by atoms with van der Waals surface area (Å²) in [4.78, 5) is 0. The van der Waals surface area contributed by atoms with E-state index in [0.29, 0.717) is 0 Å². The average molecular weight is 714 g/mol. The van der Waals surface area contributed by atoms with Crippen LogP contribution in [0.2, 0.25) is 0 Å². The first-order valence-corrected chi connectivity index (χ1v) is 19.2. The summed E-state index contributed by atoms with van der Waals surface area (Å²) in [6.07, 6.45) is 0. The third kappa shape index (κ3) is 5.42. The molecule has 11 aromatic rings. The van der Waals surface area contributed by atoms with Crippen molar-refractivity contribution in [2.24, 2.45) is 0 Å². The lowest BCUT2D eigenvalue weighted by Crippen LogP contribution is -1.94. The highest BCUT2D eigenvalue weighted by Crippen LogP contribution is 2.39. The predicted octanol–water partition coefficient (Wildman–Crippen LogP) is 15.0. The fourth-order valence-corrected chi connectivity index (χ4v) is 8.39. The SMILES string of the molecule is c1ccc(-c2ccc3c4ccc(-c5ccccc5)cc4n(-c4ccc(-c5ccc(-c6ccc(-c7cccc8c7oc7ccccc78)cc6)cc5)cc4)c3c2)cc1. The van der Waals surface area contributed by atoms with E-state index in [9.17, 15) is 0 Å². The standard InChI is InChI=1S/C54H35NO/c1-3-10-36(11-4-1)43-28-32-47-48-33-29-44(37-12-5-2-6-13-37)35-52(48)55(51(47)34-43)45-30-26-41(27-31-45)39-20-18-38(19-21-39)40-22-24-42(25-23-40)46-15-9-16-50-49-14-7-8-17-53(49)56-54(46)50/h1-35H. The Balaban J connectivity index is 0.924. The van der Waals surface area contributed by atoms with Crippen LogP contribution in [-0.4, -0.2) is 4.57 Å². The van der Waals surface area contributed by atoms with E-state index >= 15 is 0 Å². The Morgan fingerprint density at radius 2 is 0.714 bits per heavy atom. The zero-order valence-corrected chi connectivity index (χ0v) is 30.6. The van der Waals surface area contributed by atoms with Crippen LogP contribution in [0.3, 0.4) is 0 Å². The van der Waals surface area contributed by atoms with Crippen LogP contribution in [0.1, 0.15) is 0 Å². The number of fused-ring (bicyclic) bond motifs is 6. The molecule has 2 aromatic heterocycles. The molecule has 56 heavy (non-hydrogen) atoms. The van der Waals surface area contributed by atoms with Crippen molar-refractivity contribution in [1.29, 1.82) is 0 Å². The van der Waals surface area contributed by atoms with Crippen molar-refractivity contribution in [3.05, 3.63) is 212 Å². The second kappa shape index (κ2) is 13.2. The van der Waals surface area contributed by atoms with Crippen LogP contribution in [0.4, 0.5) is 0 Å². The van der Waals surface area contributed by atoms with Gasteiger partial charge in [0.1, 0.15) is 11.2 Å². The van der Waals surface area contributed by atoms with Crippen LogP contribution in [0.25, 0.3) is 105 Å². The van der Waals surface area contributed by atoms with Gasteiger partial charge in [-0.1, -0.05) is 182 Å². The van der Waals surface area contributed by atoms with Gasteiger partial charge < -0.3 is 8.98 Å². The van der Waals surface area contributed by atoms with Gasteiger partial charge in [0.15, 0.2) is 0 Å². The van der Waals surface area contributed by atoms with Crippen LogP contribution in [0, 0.1) is 0 Å². The molecule has 2 heteroatoms. The largest absolute Gasteiger partial charge is 0.455 e. The zero-order chi connectivity index (χ0) is 37.0. The summed E-state index contributed by atoms with van der Waals surface area (Å²) in [7, 11) is 0. The van der Waals surface area contributed by atoms with Gasteiger partial charge in [-0.3, -0.25) is 0 Å². The predicted molar refractivity (Wildman–Crippen MR) is 235 cm³/mol. The van der Waals surface area contributed by atoms with E-state index in [1.165, 1.54) is 66.3 Å². The van der Waals surface area contributed by atoms with Crippen molar-refractivity contribution in [3.63, 3.8) is 0 Å². The van der Waals surface area contributed by atoms with Gasteiger partial charge in [-0.15, -0.1) is 0 Å². The van der Waals surface area contributed by atoms with E-state index in [4.69, 9.17) is 4.42 Å². The van der Waals surface area contributed by atoms with Gasteiger partial charge in [0.2, 0.25) is 0 Å². The summed E-state index contributed by atoms with van der Waals surface area (Å²) < 4.78 is 8.74. The fourth-order valence-electron chi connectivity index (χ4n) is 8.39. The highest BCUT2D eigenvalue weighted by molar-refractivity contribution is 6.11. The molecule has 0 N–H and O–H groups in total. The second-order valence-corrected chi connectivity index (χ2v) is 14.5. The first-order chi connectivity index (χ1) is 27.7. The minimum atomic E-state index is 0.919. The van der Waals surface area contributed by atoms with Crippen LogP contribution in [-0.2, 0) is 0 Å². The zero-order valence-electron chi connectivity index (χ0n) is 30.6. The van der Waals surface area contributed by atoms with Crippen molar-refractivity contribution >= 4 is 43.7 Å². The molecule has 0 saturated heterocycles. The molecule has 9 aromatic carbocycles. The number of para-hydroxylation sites is 2. The maximum Gasteiger partial charge on any atom is 0.143 e. The normalized spacial score (nSPS) is 11.6. The molecule has 11 rings (SSSR count).